The Morgan fingerprint density at radius 2 is 0.491 bits per heavy atom. The number of hydrogen-bond acceptors (Lipinski definition) is 36. The molecule has 0 saturated carbocycles. The molecule has 4 atom stereocenters. The molecule has 42 heteroatoms. The molecule has 0 aliphatic heterocycles. The number of amides is 2. The van der Waals surface area contributed by atoms with E-state index in [1.807, 2.05) is 0 Å². The summed E-state index contributed by atoms with van der Waals surface area (Å²) in [6.07, 6.45) is 0.371. The Bertz CT molecular complexity index is 2400. The maximum Gasteiger partial charge on any atom is 0.328 e. The molecule has 2 rings (SSSR count). The van der Waals surface area contributed by atoms with Gasteiger partial charge in [0.05, 0.1) is 197 Å². The zero-order valence-electron chi connectivity index (χ0n) is 62.2. The monoisotopic (exact) mass is 1560 g/mol. The van der Waals surface area contributed by atoms with Crippen LogP contribution in [0.25, 0.3) is 0 Å². The molecule has 620 valence electrons. The average molecular weight is 1560 g/mol. The summed E-state index contributed by atoms with van der Waals surface area (Å²) in [6.45, 7) is 8.08. The molecule has 0 bridgehead atoms. The van der Waals surface area contributed by atoms with Gasteiger partial charge in [-0.1, -0.05) is 0 Å². The number of aliphatic hydroxyl groups excluding tert-OH is 4. The van der Waals surface area contributed by atoms with E-state index >= 15 is 0 Å². The molecule has 2 aromatic heterocycles. The van der Waals surface area contributed by atoms with Crippen LogP contribution in [-0.2, 0) is 95.0 Å². The van der Waals surface area contributed by atoms with Gasteiger partial charge in [0.25, 0.3) is 11.8 Å². The Balaban J connectivity index is 0.00000108. The number of carboxylic acids is 4. The number of anilines is 4. The van der Waals surface area contributed by atoms with Crippen molar-refractivity contribution in [2.75, 3.05) is 287 Å². The number of nitrogens with zero attached hydrogens (tertiary/aromatic N) is 4. The number of carbonyl (C=O) groups is 8. The molecule has 0 fully saturated rings. The second kappa shape index (κ2) is 66.7. The number of hydrogen-bond donors (Lipinski definition) is 14. The molecule has 0 radical (unpaired) electrons. The number of aromatic nitrogens is 4. The van der Waals surface area contributed by atoms with Gasteiger partial charge in [-0.3, -0.25) is 28.8 Å². The third-order valence-electron chi connectivity index (χ3n) is 14.1. The number of aliphatic carboxylic acids is 4. The van der Waals surface area contributed by atoms with E-state index in [4.69, 9.17) is 75.8 Å². The van der Waals surface area contributed by atoms with E-state index in [9.17, 15) is 79.2 Å². The third kappa shape index (κ3) is 47.6. The lowest BCUT2D eigenvalue weighted by atomic mass is 10.0. The number of methoxy groups -OCH3 is 4. The summed E-state index contributed by atoms with van der Waals surface area (Å²) in [5, 5.41) is 91.6. The highest BCUT2D eigenvalue weighted by Gasteiger charge is 2.31. The van der Waals surface area contributed by atoms with Crippen LogP contribution in [0.2, 0.25) is 0 Å². The molecule has 4 unspecified atom stereocenters. The Morgan fingerprint density at radius 3 is 0.685 bits per heavy atom. The SMILES string of the molecule is COCCOCCOCCOCCCNc1nc(C(=O)NC(CO)C(=O)O)c(NCCCOCCOCCOCCOC)nc1C(=O)CC(CO)C(=O)O.COCCOCCOCCOCCCNc1nc(C(=O)NC(CO)C(=O)O)c(NCCCOCCOCCOCCOC)nc1C(=O)CC(CO)C(=O)O. The topological polar surface area (TPSA) is 570 Å². The van der Waals surface area contributed by atoms with E-state index in [2.05, 4.69) is 51.8 Å². The van der Waals surface area contributed by atoms with Crippen molar-refractivity contribution in [1.29, 1.82) is 0 Å². The predicted octanol–water partition coefficient (Wildman–Crippen LogP) is -2.17. The summed E-state index contributed by atoms with van der Waals surface area (Å²) in [5.41, 5.74) is -1.42. The lowest BCUT2D eigenvalue weighted by Gasteiger charge is -2.18. The van der Waals surface area contributed by atoms with Crippen molar-refractivity contribution in [1.82, 2.24) is 30.6 Å². The molecule has 2 amide bonds. The first-order chi connectivity index (χ1) is 52.4. The zero-order valence-corrected chi connectivity index (χ0v) is 62.2. The number of carboxylic acid groups (broad SMARTS) is 4. The van der Waals surface area contributed by atoms with Gasteiger partial charge < -0.3 is 149 Å². The van der Waals surface area contributed by atoms with E-state index in [0.717, 1.165) is 0 Å². The highest BCUT2D eigenvalue weighted by Crippen LogP contribution is 2.24. The fraction of sp³-hybridized carbons (Fsp3) is 0.758. The van der Waals surface area contributed by atoms with Crippen molar-refractivity contribution >= 4 is 70.5 Å². The van der Waals surface area contributed by atoms with Gasteiger partial charge in [-0.25, -0.2) is 29.5 Å². The molecule has 0 aliphatic carbocycles. The Morgan fingerprint density at radius 1 is 0.287 bits per heavy atom. The summed E-state index contributed by atoms with van der Waals surface area (Å²) in [7, 11) is 6.34. The number of carbonyl (C=O) groups excluding carboxylic acids is 4. The second-order valence-electron chi connectivity index (χ2n) is 22.5. The Hall–Kier alpha value is -7.28. The number of aliphatic hydroxyl groups is 4. The first kappa shape index (κ1) is 98.7. The van der Waals surface area contributed by atoms with Crippen LogP contribution in [0.1, 0.15) is 80.5 Å². The summed E-state index contributed by atoms with van der Waals surface area (Å²) >= 11 is 0. The number of ether oxygens (including phenoxy) is 16. The molecule has 42 nitrogen and oxygen atoms in total. The van der Waals surface area contributed by atoms with Crippen molar-refractivity contribution in [3.8, 4) is 0 Å². The average Bonchev–Trinajstić information content (AvgIpc) is 0.807. The van der Waals surface area contributed by atoms with E-state index in [1.54, 1.807) is 28.4 Å². The quantitative estimate of drug-likeness (QED) is 0.0247. The lowest BCUT2D eigenvalue weighted by Crippen LogP contribution is -2.44. The van der Waals surface area contributed by atoms with E-state index in [0.29, 0.717) is 184 Å². The number of rotatable bonds is 74. The van der Waals surface area contributed by atoms with Crippen molar-refractivity contribution < 1.29 is 155 Å². The van der Waals surface area contributed by atoms with Gasteiger partial charge in [-0.15, -0.1) is 0 Å². The van der Waals surface area contributed by atoms with E-state index < -0.39 is 122 Å². The van der Waals surface area contributed by atoms with Gasteiger partial charge in [-0.2, -0.15) is 0 Å². The smallest absolute Gasteiger partial charge is 0.328 e. The number of nitrogens with one attached hydrogen (secondary N) is 6. The van der Waals surface area contributed by atoms with E-state index in [-0.39, 0.29) is 87.3 Å². The molecule has 2 heterocycles. The maximum absolute atomic E-state index is 13.4. The first-order valence-electron chi connectivity index (χ1n) is 35.1. The standard InChI is InChI=1S/2C33H57N5O16/c2*1-47-9-11-51-17-19-53-15-13-49-7-3-5-34-29-27(26(41)21-24(22-39)32(43)44)37-30(28(38-29)31(42)36-25(23-40)33(45)46)35-6-4-8-50-14-16-54-20-18-52-12-10-48-2/h2*24-25,39-40H,3-23H2,1-2H3,(H,34,38)(H,35,37)(H,36,42)(H,43,44)(H,45,46). The third-order valence-corrected chi connectivity index (χ3v) is 14.1. The largest absolute Gasteiger partial charge is 0.481 e. The maximum atomic E-state index is 13.4. The van der Waals surface area contributed by atoms with Crippen molar-refractivity contribution in [2.45, 2.75) is 50.6 Å². The van der Waals surface area contributed by atoms with Crippen LogP contribution >= 0.6 is 0 Å². The Labute approximate surface area is 626 Å². The molecule has 14 N–H and O–H groups in total. The normalized spacial score (nSPS) is 12.3. The van der Waals surface area contributed by atoms with Crippen LogP contribution in [0.5, 0.6) is 0 Å². The fourth-order valence-electron chi connectivity index (χ4n) is 8.25. The van der Waals surface area contributed by atoms with Crippen molar-refractivity contribution in [2.24, 2.45) is 11.8 Å². The highest BCUT2D eigenvalue weighted by molar-refractivity contribution is 6.05. The van der Waals surface area contributed by atoms with Crippen LogP contribution in [-0.4, -0.2) is 386 Å². The van der Waals surface area contributed by atoms with Gasteiger partial charge >= 0.3 is 23.9 Å². The minimum absolute atomic E-state index is 0.169. The summed E-state index contributed by atoms with van der Waals surface area (Å²) in [6, 6.07) is -3.33. The van der Waals surface area contributed by atoms with Crippen molar-refractivity contribution in [3.63, 3.8) is 0 Å². The lowest BCUT2D eigenvalue weighted by molar-refractivity contribution is -0.143. The van der Waals surface area contributed by atoms with Crippen LogP contribution < -0.4 is 31.9 Å². The summed E-state index contributed by atoms with van der Waals surface area (Å²) in [5.74, 6) is -13.0. The van der Waals surface area contributed by atoms with Crippen LogP contribution in [0, 0.1) is 11.8 Å². The van der Waals surface area contributed by atoms with Crippen LogP contribution in [0.15, 0.2) is 0 Å². The number of ketones is 2. The molecule has 0 aliphatic rings. The predicted molar refractivity (Wildman–Crippen MR) is 380 cm³/mol. The molecule has 108 heavy (non-hydrogen) atoms. The molecule has 0 aromatic carbocycles. The number of Topliss-reactive ketones (excluding diaryl/α,β-unsaturated/α-hetero) is 2. The zero-order chi connectivity index (χ0) is 79.6. The highest BCUT2D eigenvalue weighted by atomic mass is 16.6. The molecule has 2 aromatic rings. The van der Waals surface area contributed by atoms with Gasteiger partial charge in [0, 0.05) is 93.9 Å². The van der Waals surface area contributed by atoms with Crippen LogP contribution in [0.3, 0.4) is 0 Å². The molecular weight excluding hydrogens is 1440 g/mol. The van der Waals surface area contributed by atoms with Gasteiger partial charge in [0.15, 0.2) is 69.7 Å². The Kier molecular flexibility index (Phi) is 61.0. The van der Waals surface area contributed by atoms with Crippen molar-refractivity contribution in [3.05, 3.63) is 22.8 Å². The second-order valence-corrected chi connectivity index (χ2v) is 22.5. The minimum atomic E-state index is -1.66. The fourth-order valence-corrected chi connectivity index (χ4v) is 8.25. The van der Waals surface area contributed by atoms with Gasteiger partial charge in [-0.05, 0) is 25.7 Å². The first-order valence-corrected chi connectivity index (χ1v) is 35.1. The minimum Gasteiger partial charge on any atom is -0.481 e. The summed E-state index contributed by atoms with van der Waals surface area (Å²) < 4.78 is 84.7. The van der Waals surface area contributed by atoms with Gasteiger partial charge in [0.1, 0.15) is 0 Å². The van der Waals surface area contributed by atoms with Crippen LogP contribution in [0.4, 0.5) is 23.3 Å². The molecule has 0 saturated heterocycles. The van der Waals surface area contributed by atoms with E-state index in [1.165, 1.54) is 0 Å². The van der Waals surface area contributed by atoms with Gasteiger partial charge in [0.2, 0.25) is 0 Å². The molecular formula is C66H114N10O32. The summed E-state index contributed by atoms with van der Waals surface area (Å²) in [4.78, 5) is 117. The molecule has 0 spiro atoms.